The van der Waals surface area contributed by atoms with Crippen molar-refractivity contribution in [1.29, 1.82) is 0 Å². The normalized spacial score (nSPS) is 13.8. The molecule has 0 amide bonds. The van der Waals surface area contributed by atoms with Crippen molar-refractivity contribution in [2.45, 2.75) is 13.0 Å². The van der Waals surface area contributed by atoms with Gasteiger partial charge in [0.1, 0.15) is 5.69 Å². The first kappa shape index (κ1) is 13.0. The van der Waals surface area contributed by atoms with Crippen LogP contribution in [0.15, 0.2) is 18.3 Å². The van der Waals surface area contributed by atoms with Crippen LogP contribution in [-0.2, 0) is 13.0 Å². The highest BCUT2D eigenvalue weighted by Crippen LogP contribution is 2.25. The number of halogens is 1. The van der Waals surface area contributed by atoms with E-state index in [4.69, 9.17) is 11.6 Å². The molecule has 2 N–H and O–H groups in total. The van der Waals surface area contributed by atoms with Crippen LogP contribution in [0.4, 0.5) is 0 Å². The minimum Gasteiger partial charge on any atom is -0.476 e. The van der Waals surface area contributed by atoms with Gasteiger partial charge in [0.2, 0.25) is 0 Å². The Balaban J connectivity index is 2.20. The van der Waals surface area contributed by atoms with Gasteiger partial charge in [-0.1, -0.05) is 11.6 Å². The van der Waals surface area contributed by atoms with Crippen molar-refractivity contribution in [3.63, 3.8) is 0 Å². The number of hydrogen-bond donors (Lipinski definition) is 2. The van der Waals surface area contributed by atoms with E-state index in [1.165, 1.54) is 0 Å². The molecule has 2 aromatic heterocycles. The molecule has 2 aromatic rings. The highest BCUT2D eigenvalue weighted by atomic mass is 35.5. The lowest BCUT2D eigenvalue weighted by atomic mass is 10.0. The average Bonchev–Trinajstić information content (AvgIpc) is 2.46. The summed E-state index contributed by atoms with van der Waals surface area (Å²) in [5, 5.41) is 12.9. The number of nitrogens with one attached hydrogen (secondary N) is 1. The van der Waals surface area contributed by atoms with Crippen LogP contribution >= 0.6 is 11.6 Å². The van der Waals surface area contributed by atoms with E-state index in [-0.39, 0.29) is 11.5 Å². The molecule has 0 aliphatic carbocycles. The van der Waals surface area contributed by atoms with Crippen molar-refractivity contribution in [2.24, 2.45) is 0 Å². The molecule has 7 heteroatoms. The summed E-state index contributed by atoms with van der Waals surface area (Å²) in [4.78, 5) is 24.0. The molecule has 0 fully saturated rings. The van der Waals surface area contributed by atoms with Crippen LogP contribution in [0.1, 0.15) is 21.7 Å². The van der Waals surface area contributed by atoms with E-state index in [0.717, 1.165) is 6.54 Å². The Morgan fingerprint density at radius 3 is 3.00 bits per heavy atom. The number of carboxylic acid groups (broad SMARTS) is 1. The summed E-state index contributed by atoms with van der Waals surface area (Å²) in [6, 6.07) is 3.37. The second kappa shape index (κ2) is 5.15. The van der Waals surface area contributed by atoms with Gasteiger partial charge in [-0.25, -0.2) is 14.8 Å². The van der Waals surface area contributed by atoms with E-state index in [1.54, 1.807) is 18.3 Å². The maximum absolute atomic E-state index is 11.4. The molecule has 0 saturated carbocycles. The Hall–Kier alpha value is -2.05. The van der Waals surface area contributed by atoms with Crippen molar-refractivity contribution >= 4 is 17.6 Å². The zero-order chi connectivity index (χ0) is 14.1. The SMILES string of the molecule is O=C(O)c1nc(-c2ncccc2Cl)nc2c1CCNC2. The third kappa shape index (κ3) is 2.23. The second-order valence-corrected chi connectivity index (χ2v) is 4.79. The number of hydrogen-bond acceptors (Lipinski definition) is 5. The van der Waals surface area contributed by atoms with Crippen molar-refractivity contribution in [1.82, 2.24) is 20.3 Å². The number of fused-ring (bicyclic) bond motifs is 1. The first-order valence-corrected chi connectivity index (χ1v) is 6.49. The van der Waals surface area contributed by atoms with Gasteiger partial charge in [-0.3, -0.25) is 4.98 Å². The summed E-state index contributed by atoms with van der Waals surface area (Å²) in [6.07, 6.45) is 2.18. The lowest BCUT2D eigenvalue weighted by Crippen LogP contribution is -2.27. The van der Waals surface area contributed by atoms with E-state index in [2.05, 4.69) is 20.3 Å². The highest BCUT2D eigenvalue weighted by Gasteiger charge is 2.23. The molecule has 3 rings (SSSR count). The van der Waals surface area contributed by atoms with Crippen LogP contribution in [0.3, 0.4) is 0 Å². The molecule has 20 heavy (non-hydrogen) atoms. The monoisotopic (exact) mass is 290 g/mol. The summed E-state index contributed by atoms with van der Waals surface area (Å²) < 4.78 is 0. The van der Waals surface area contributed by atoms with Crippen LogP contribution in [0.5, 0.6) is 0 Å². The molecular formula is C13H11ClN4O2. The molecule has 0 spiro atoms. The Kier molecular flexibility index (Phi) is 3.33. The fourth-order valence-corrected chi connectivity index (χ4v) is 2.40. The molecule has 3 heterocycles. The molecule has 0 atom stereocenters. The average molecular weight is 291 g/mol. The van der Waals surface area contributed by atoms with Gasteiger partial charge >= 0.3 is 5.97 Å². The maximum atomic E-state index is 11.4. The van der Waals surface area contributed by atoms with E-state index >= 15 is 0 Å². The number of carbonyl (C=O) groups is 1. The minimum atomic E-state index is -1.06. The van der Waals surface area contributed by atoms with Gasteiger partial charge in [0.05, 0.1) is 10.7 Å². The van der Waals surface area contributed by atoms with Gasteiger partial charge in [-0.15, -0.1) is 0 Å². The number of nitrogens with zero attached hydrogens (tertiary/aromatic N) is 3. The predicted molar refractivity (Wildman–Crippen MR) is 72.6 cm³/mol. The van der Waals surface area contributed by atoms with E-state index in [1.807, 2.05) is 0 Å². The molecule has 1 aliphatic heterocycles. The van der Waals surface area contributed by atoms with Gasteiger partial charge < -0.3 is 10.4 Å². The van der Waals surface area contributed by atoms with Crippen LogP contribution in [0.2, 0.25) is 5.02 Å². The molecular weight excluding hydrogens is 280 g/mol. The number of aromatic carboxylic acids is 1. The number of aromatic nitrogens is 3. The standard InChI is InChI=1S/C13H11ClN4O2/c14-8-2-1-4-16-11(8)12-17-9-6-15-5-3-7(9)10(18-12)13(19)20/h1-2,4,15H,3,5-6H2,(H,19,20). The summed E-state index contributed by atoms with van der Waals surface area (Å²) in [7, 11) is 0. The zero-order valence-electron chi connectivity index (χ0n) is 10.4. The minimum absolute atomic E-state index is 0.0354. The van der Waals surface area contributed by atoms with Crippen LogP contribution in [0.25, 0.3) is 11.5 Å². The lowest BCUT2D eigenvalue weighted by molar-refractivity contribution is 0.0688. The van der Waals surface area contributed by atoms with Crippen LogP contribution in [-0.4, -0.2) is 32.6 Å². The van der Waals surface area contributed by atoms with Gasteiger partial charge in [-0.2, -0.15) is 0 Å². The predicted octanol–water partition coefficient (Wildman–Crippen LogP) is 1.54. The maximum Gasteiger partial charge on any atom is 0.354 e. The summed E-state index contributed by atoms with van der Waals surface area (Å²) in [6.45, 7) is 1.25. The largest absolute Gasteiger partial charge is 0.476 e. The highest BCUT2D eigenvalue weighted by molar-refractivity contribution is 6.32. The van der Waals surface area contributed by atoms with Gasteiger partial charge in [0.15, 0.2) is 11.5 Å². The van der Waals surface area contributed by atoms with Crippen molar-refractivity contribution < 1.29 is 9.90 Å². The Morgan fingerprint density at radius 2 is 2.25 bits per heavy atom. The molecule has 0 radical (unpaired) electrons. The third-order valence-electron chi connectivity index (χ3n) is 3.11. The van der Waals surface area contributed by atoms with E-state index < -0.39 is 5.97 Å². The van der Waals surface area contributed by atoms with Crippen molar-refractivity contribution in [3.05, 3.63) is 40.3 Å². The van der Waals surface area contributed by atoms with E-state index in [9.17, 15) is 9.90 Å². The van der Waals surface area contributed by atoms with Crippen molar-refractivity contribution in [2.75, 3.05) is 6.54 Å². The first-order chi connectivity index (χ1) is 9.66. The van der Waals surface area contributed by atoms with Gasteiger partial charge in [0.25, 0.3) is 0 Å². The quantitative estimate of drug-likeness (QED) is 0.872. The molecule has 0 bridgehead atoms. The summed E-state index contributed by atoms with van der Waals surface area (Å²) >= 11 is 6.07. The van der Waals surface area contributed by atoms with E-state index in [0.29, 0.717) is 34.9 Å². The molecule has 0 unspecified atom stereocenters. The van der Waals surface area contributed by atoms with Crippen molar-refractivity contribution in [3.8, 4) is 11.5 Å². The molecule has 0 saturated heterocycles. The third-order valence-corrected chi connectivity index (χ3v) is 3.41. The topological polar surface area (TPSA) is 88.0 Å². The fourth-order valence-electron chi connectivity index (χ4n) is 2.19. The Morgan fingerprint density at radius 1 is 1.40 bits per heavy atom. The Labute approximate surface area is 119 Å². The number of rotatable bonds is 2. The smallest absolute Gasteiger partial charge is 0.354 e. The molecule has 6 nitrogen and oxygen atoms in total. The fraction of sp³-hybridized carbons (Fsp3) is 0.231. The first-order valence-electron chi connectivity index (χ1n) is 6.11. The van der Waals surface area contributed by atoms with Crippen LogP contribution in [0, 0.1) is 0 Å². The number of carboxylic acids is 1. The van der Waals surface area contributed by atoms with Gasteiger partial charge in [0, 0.05) is 18.3 Å². The van der Waals surface area contributed by atoms with Crippen LogP contribution < -0.4 is 5.32 Å². The second-order valence-electron chi connectivity index (χ2n) is 4.39. The summed E-state index contributed by atoms with van der Waals surface area (Å²) in [5.74, 6) is -0.811. The Bertz CT molecular complexity index is 690. The van der Waals surface area contributed by atoms with Gasteiger partial charge in [-0.05, 0) is 25.1 Å². The molecule has 1 aliphatic rings. The number of pyridine rings is 1. The molecule has 102 valence electrons. The molecule has 0 aromatic carbocycles. The summed E-state index contributed by atoms with van der Waals surface area (Å²) in [5.41, 5.74) is 1.81. The lowest BCUT2D eigenvalue weighted by Gasteiger charge is -2.18. The zero-order valence-corrected chi connectivity index (χ0v) is 11.2.